The Morgan fingerprint density at radius 3 is 3.29 bits per heavy atom. The molecule has 1 fully saturated rings. The van der Waals surface area contributed by atoms with Crippen LogP contribution in [0.15, 0.2) is 23.4 Å². The minimum atomic E-state index is 0.637. The van der Waals surface area contributed by atoms with Gasteiger partial charge in [-0.05, 0) is 31.5 Å². The van der Waals surface area contributed by atoms with Gasteiger partial charge in [-0.25, -0.2) is 4.98 Å². The predicted octanol–water partition coefficient (Wildman–Crippen LogP) is 2.58. The van der Waals surface area contributed by atoms with Crippen LogP contribution in [0.4, 0.5) is 0 Å². The number of hydrogen-bond acceptors (Lipinski definition) is 3. The molecular weight excluding hydrogens is 216 g/mol. The molecule has 0 radical (unpaired) electrons. The highest BCUT2D eigenvalue weighted by molar-refractivity contribution is 7.99. The zero-order chi connectivity index (χ0) is 9.80. The van der Waals surface area contributed by atoms with E-state index < -0.39 is 0 Å². The fraction of sp³-hybridized carbons (Fsp3) is 0.500. The Hall–Kier alpha value is -0.250. The molecule has 0 saturated carbocycles. The van der Waals surface area contributed by atoms with Gasteiger partial charge in [0.25, 0.3) is 0 Å². The highest BCUT2D eigenvalue weighted by Crippen LogP contribution is 2.25. The number of thioether (sulfide) groups is 1. The van der Waals surface area contributed by atoms with Gasteiger partial charge in [0.05, 0.1) is 5.02 Å². The van der Waals surface area contributed by atoms with Gasteiger partial charge in [0.1, 0.15) is 5.03 Å². The summed E-state index contributed by atoms with van der Waals surface area (Å²) in [5.74, 6) is 1.07. The Kier molecular flexibility index (Phi) is 3.67. The minimum absolute atomic E-state index is 0.637. The van der Waals surface area contributed by atoms with E-state index in [-0.39, 0.29) is 0 Å². The van der Waals surface area contributed by atoms with Crippen LogP contribution in [0.25, 0.3) is 0 Å². The Bertz CT molecular complexity index is 300. The molecule has 0 aliphatic carbocycles. The van der Waals surface area contributed by atoms with Crippen molar-refractivity contribution in [3.63, 3.8) is 0 Å². The zero-order valence-corrected chi connectivity index (χ0v) is 9.44. The quantitative estimate of drug-likeness (QED) is 0.806. The molecule has 1 aromatic heterocycles. The molecule has 2 rings (SSSR count). The number of aromatic nitrogens is 1. The van der Waals surface area contributed by atoms with Crippen molar-refractivity contribution in [3.8, 4) is 0 Å². The number of nitrogens with zero attached hydrogens (tertiary/aromatic N) is 1. The second-order valence-electron chi connectivity index (χ2n) is 3.39. The van der Waals surface area contributed by atoms with Crippen molar-refractivity contribution in [1.29, 1.82) is 0 Å². The lowest BCUT2D eigenvalue weighted by molar-refractivity contribution is 0.673. The SMILES string of the molecule is Clc1cccnc1SC[C@H]1CCCN1. The van der Waals surface area contributed by atoms with E-state index in [1.807, 2.05) is 12.1 Å². The van der Waals surface area contributed by atoms with Gasteiger partial charge in [0.15, 0.2) is 0 Å². The van der Waals surface area contributed by atoms with E-state index in [9.17, 15) is 0 Å². The largest absolute Gasteiger partial charge is 0.313 e. The Labute approximate surface area is 93.4 Å². The molecule has 2 heterocycles. The van der Waals surface area contributed by atoms with Gasteiger partial charge >= 0.3 is 0 Å². The average molecular weight is 229 g/mol. The topological polar surface area (TPSA) is 24.9 Å². The molecule has 0 bridgehead atoms. The minimum Gasteiger partial charge on any atom is -0.313 e. The summed E-state index contributed by atoms with van der Waals surface area (Å²) in [6, 6.07) is 4.39. The smallest absolute Gasteiger partial charge is 0.115 e. The van der Waals surface area contributed by atoms with Crippen LogP contribution in [-0.4, -0.2) is 23.3 Å². The zero-order valence-electron chi connectivity index (χ0n) is 7.87. The first-order chi connectivity index (χ1) is 6.86. The van der Waals surface area contributed by atoms with E-state index in [1.54, 1.807) is 18.0 Å². The monoisotopic (exact) mass is 228 g/mol. The summed E-state index contributed by atoms with van der Waals surface area (Å²) in [5.41, 5.74) is 0. The summed E-state index contributed by atoms with van der Waals surface area (Å²) in [6.07, 6.45) is 4.36. The fourth-order valence-electron chi connectivity index (χ4n) is 1.56. The van der Waals surface area contributed by atoms with Crippen LogP contribution in [0.3, 0.4) is 0 Å². The summed E-state index contributed by atoms with van der Waals surface area (Å²) < 4.78 is 0. The van der Waals surface area contributed by atoms with Crippen molar-refractivity contribution in [2.75, 3.05) is 12.3 Å². The van der Waals surface area contributed by atoms with Gasteiger partial charge in [-0.2, -0.15) is 0 Å². The normalized spacial score (nSPS) is 21.4. The summed E-state index contributed by atoms with van der Waals surface area (Å²) in [6.45, 7) is 1.15. The van der Waals surface area contributed by atoms with E-state index in [0.29, 0.717) is 6.04 Å². The standard InChI is InChI=1S/C10H13ClN2S/c11-9-4-2-6-13-10(9)14-7-8-3-1-5-12-8/h2,4,6,8,12H,1,3,5,7H2/t8-/m1/s1. The lowest BCUT2D eigenvalue weighted by Crippen LogP contribution is -2.23. The molecule has 0 amide bonds. The third-order valence-electron chi connectivity index (χ3n) is 2.31. The van der Waals surface area contributed by atoms with Crippen molar-refractivity contribution in [2.45, 2.75) is 23.9 Å². The maximum absolute atomic E-state index is 6.01. The van der Waals surface area contributed by atoms with Crippen LogP contribution in [0.5, 0.6) is 0 Å². The molecule has 1 aromatic rings. The molecule has 0 aromatic carbocycles. The number of hydrogen-bond donors (Lipinski definition) is 1. The Morgan fingerprint density at radius 1 is 1.64 bits per heavy atom. The molecular formula is C10H13ClN2S. The number of pyridine rings is 1. The third kappa shape index (κ3) is 2.62. The summed E-state index contributed by atoms with van der Waals surface area (Å²) in [4.78, 5) is 4.24. The van der Waals surface area contributed by atoms with Crippen molar-refractivity contribution in [2.24, 2.45) is 0 Å². The second kappa shape index (κ2) is 5.01. The van der Waals surface area contributed by atoms with Gasteiger partial charge in [-0.15, -0.1) is 11.8 Å². The molecule has 0 spiro atoms. The predicted molar refractivity (Wildman–Crippen MR) is 61.0 cm³/mol. The van der Waals surface area contributed by atoms with E-state index >= 15 is 0 Å². The van der Waals surface area contributed by atoms with Crippen LogP contribution in [0, 0.1) is 0 Å². The summed E-state index contributed by atoms with van der Waals surface area (Å²) in [5, 5.41) is 5.16. The molecule has 1 aliphatic rings. The highest BCUT2D eigenvalue weighted by atomic mass is 35.5. The third-order valence-corrected chi connectivity index (χ3v) is 3.89. The van der Waals surface area contributed by atoms with E-state index in [0.717, 1.165) is 22.3 Å². The van der Waals surface area contributed by atoms with Crippen LogP contribution in [-0.2, 0) is 0 Å². The Balaban J connectivity index is 1.88. The molecule has 2 nitrogen and oxygen atoms in total. The number of rotatable bonds is 3. The molecule has 1 saturated heterocycles. The Morgan fingerprint density at radius 2 is 2.57 bits per heavy atom. The number of halogens is 1. The lowest BCUT2D eigenvalue weighted by Gasteiger charge is -2.09. The number of nitrogens with one attached hydrogen (secondary N) is 1. The molecule has 4 heteroatoms. The molecule has 76 valence electrons. The van der Waals surface area contributed by atoms with Gasteiger partial charge in [0.2, 0.25) is 0 Å². The van der Waals surface area contributed by atoms with Crippen molar-refractivity contribution >= 4 is 23.4 Å². The van der Waals surface area contributed by atoms with Gasteiger partial charge < -0.3 is 5.32 Å². The first kappa shape index (κ1) is 10.3. The van der Waals surface area contributed by atoms with Gasteiger partial charge in [-0.1, -0.05) is 11.6 Å². The van der Waals surface area contributed by atoms with Gasteiger partial charge in [0, 0.05) is 18.0 Å². The summed E-state index contributed by atoms with van der Waals surface area (Å²) >= 11 is 7.74. The lowest BCUT2D eigenvalue weighted by atomic mass is 10.3. The second-order valence-corrected chi connectivity index (χ2v) is 4.81. The van der Waals surface area contributed by atoms with Crippen LogP contribution < -0.4 is 5.32 Å². The summed E-state index contributed by atoms with van der Waals surface area (Å²) in [7, 11) is 0. The van der Waals surface area contributed by atoms with Gasteiger partial charge in [-0.3, -0.25) is 0 Å². The maximum Gasteiger partial charge on any atom is 0.115 e. The first-order valence-electron chi connectivity index (χ1n) is 4.83. The van der Waals surface area contributed by atoms with E-state index in [4.69, 9.17) is 11.6 Å². The average Bonchev–Trinajstić information content (AvgIpc) is 2.69. The maximum atomic E-state index is 6.01. The molecule has 14 heavy (non-hydrogen) atoms. The molecule has 1 atom stereocenters. The highest BCUT2D eigenvalue weighted by Gasteiger charge is 2.14. The van der Waals surface area contributed by atoms with Crippen LogP contribution >= 0.6 is 23.4 Å². The van der Waals surface area contributed by atoms with Crippen LogP contribution in [0.1, 0.15) is 12.8 Å². The molecule has 1 N–H and O–H groups in total. The first-order valence-corrected chi connectivity index (χ1v) is 6.19. The molecule has 1 aliphatic heterocycles. The van der Waals surface area contributed by atoms with Crippen molar-refractivity contribution < 1.29 is 0 Å². The van der Waals surface area contributed by atoms with Crippen molar-refractivity contribution in [1.82, 2.24) is 10.3 Å². The van der Waals surface area contributed by atoms with E-state index in [2.05, 4.69) is 10.3 Å². The van der Waals surface area contributed by atoms with Crippen molar-refractivity contribution in [3.05, 3.63) is 23.4 Å². The molecule has 0 unspecified atom stereocenters. The fourth-order valence-corrected chi connectivity index (χ4v) is 2.83. The van der Waals surface area contributed by atoms with Crippen LogP contribution in [0.2, 0.25) is 5.02 Å². The van der Waals surface area contributed by atoms with E-state index in [1.165, 1.54) is 12.8 Å².